The van der Waals surface area contributed by atoms with Gasteiger partial charge in [-0.3, -0.25) is 9.78 Å². The van der Waals surface area contributed by atoms with E-state index in [-0.39, 0.29) is 11.4 Å². The van der Waals surface area contributed by atoms with Gasteiger partial charge < -0.3 is 10.6 Å². The molecule has 1 aromatic rings. The molecule has 1 amide bonds. The number of rotatable bonds is 5. The van der Waals surface area contributed by atoms with Gasteiger partial charge in [0.1, 0.15) is 0 Å². The Kier molecular flexibility index (Phi) is 4.31. The van der Waals surface area contributed by atoms with Crippen molar-refractivity contribution in [1.82, 2.24) is 15.6 Å². The predicted molar refractivity (Wildman–Crippen MR) is 71.2 cm³/mol. The summed E-state index contributed by atoms with van der Waals surface area (Å²) in [5.41, 5.74) is 0.902. The lowest BCUT2D eigenvalue weighted by atomic mass is 9.89. The van der Waals surface area contributed by atoms with Gasteiger partial charge in [-0.05, 0) is 50.3 Å². The van der Waals surface area contributed by atoms with Crippen LogP contribution in [0.15, 0.2) is 24.5 Å². The van der Waals surface area contributed by atoms with Crippen LogP contribution in [0.1, 0.15) is 31.2 Å². The Labute approximate surface area is 108 Å². The van der Waals surface area contributed by atoms with E-state index in [1.54, 1.807) is 13.2 Å². The minimum absolute atomic E-state index is 0.131. The van der Waals surface area contributed by atoms with Crippen LogP contribution in [0.4, 0.5) is 0 Å². The highest BCUT2D eigenvalue weighted by atomic mass is 16.2. The van der Waals surface area contributed by atoms with E-state index in [0.29, 0.717) is 0 Å². The molecular weight excluding hydrogens is 226 g/mol. The minimum atomic E-state index is -0.336. The zero-order valence-electron chi connectivity index (χ0n) is 10.9. The van der Waals surface area contributed by atoms with Gasteiger partial charge in [-0.25, -0.2) is 0 Å². The quantitative estimate of drug-likeness (QED) is 0.824. The van der Waals surface area contributed by atoms with Crippen molar-refractivity contribution in [2.45, 2.75) is 37.6 Å². The molecule has 1 saturated heterocycles. The molecule has 1 aromatic heterocycles. The van der Waals surface area contributed by atoms with Crippen LogP contribution in [0.25, 0.3) is 0 Å². The van der Waals surface area contributed by atoms with Crippen LogP contribution in [0, 0.1) is 0 Å². The van der Waals surface area contributed by atoms with Crippen LogP contribution in [-0.2, 0) is 11.2 Å². The Morgan fingerprint density at radius 1 is 1.61 bits per heavy atom. The lowest BCUT2D eigenvalue weighted by molar-refractivity contribution is -0.126. The van der Waals surface area contributed by atoms with E-state index in [1.807, 2.05) is 12.3 Å². The summed E-state index contributed by atoms with van der Waals surface area (Å²) in [4.78, 5) is 16.1. The molecule has 0 aliphatic carbocycles. The van der Waals surface area contributed by atoms with Crippen molar-refractivity contribution in [2.75, 3.05) is 13.6 Å². The maximum absolute atomic E-state index is 12.0. The number of nitrogens with zero attached hydrogens (tertiary/aromatic N) is 1. The summed E-state index contributed by atoms with van der Waals surface area (Å²) in [6.07, 6.45) is 8.59. The Hall–Kier alpha value is -1.42. The van der Waals surface area contributed by atoms with Crippen molar-refractivity contribution in [3.8, 4) is 0 Å². The van der Waals surface area contributed by atoms with Crippen LogP contribution in [-0.4, -0.2) is 30.0 Å². The molecule has 2 rings (SSSR count). The molecule has 0 saturated carbocycles. The summed E-state index contributed by atoms with van der Waals surface area (Å²) in [6.45, 7) is 0.945. The standard InChI is InChI=1S/C14H21N3O/c1-15-13(18)14(8-4-10-17-14)7-2-5-12-6-3-9-16-11-12/h3,6,9,11,17H,2,4-5,7-8,10H2,1H3,(H,15,18)/t14-/m0/s1. The molecule has 4 heteroatoms. The zero-order chi connectivity index (χ0) is 12.8. The number of carbonyl (C=O) groups is 1. The molecule has 1 aliphatic heterocycles. The number of amides is 1. The van der Waals surface area contributed by atoms with Gasteiger partial charge in [0.25, 0.3) is 0 Å². The molecule has 2 heterocycles. The highest BCUT2D eigenvalue weighted by molar-refractivity contribution is 5.86. The largest absolute Gasteiger partial charge is 0.358 e. The van der Waals surface area contributed by atoms with E-state index in [4.69, 9.17) is 0 Å². The third kappa shape index (κ3) is 2.88. The number of hydrogen-bond donors (Lipinski definition) is 2. The monoisotopic (exact) mass is 247 g/mol. The average Bonchev–Trinajstić information content (AvgIpc) is 2.89. The fourth-order valence-corrected chi connectivity index (χ4v) is 2.71. The summed E-state index contributed by atoms with van der Waals surface area (Å²) in [7, 11) is 1.71. The van der Waals surface area contributed by atoms with Crippen molar-refractivity contribution in [3.63, 3.8) is 0 Å². The first-order valence-corrected chi connectivity index (χ1v) is 6.63. The SMILES string of the molecule is CNC(=O)[C@]1(CCCc2cccnc2)CCCN1. The summed E-state index contributed by atoms with van der Waals surface area (Å²) >= 11 is 0. The lowest BCUT2D eigenvalue weighted by Gasteiger charge is -2.27. The zero-order valence-corrected chi connectivity index (χ0v) is 10.9. The molecule has 2 N–H and O–H groups in total. The van der Waals surface area contributed by atoms with E-state index in [2.05, 4.69) is 21.7 Å². The lowest BCUT2D eigenvalue weighted by Crippen LogP contribution is -2.52. The summed E-state index contributed by atoms with van der Waals surface area (Å²) < 4.78 is 0. The van der Waals surface area contributed by atoms with Gasteiger partial charge in [0.15, 0.2) is 0 Å². The Morgan fingerprint density at radius 3 is 3.11 bits per heavy atom. The number of hydrogen-bond acceptors (Lipinski definition) is 3. The highest BCUT2D eigenvalue weighted by Crippen LogP contribution is 2.25. The molecule has 1 atom stereocenters. The molecule has 98 valence electrons. The molecule has 18 heavy (non-hydrogen) atoms. The maximum Gasteiger partial charge on any atom is 0.240 e. The number of aryl methyl sites for hydroxylation is 1. The van der Waals surface area contributed by atoms with Crippen LogP contribution in [0.2, 0.25) is 0 Å². The van der Waals surface area contributed by atoms with Crippen molar-refractivity contribution < 1.29 is 4.79 Å². The van der Waals surface area contributed by atoms with E-state index >= 15 is 0 Å². The number of likely N-dealkylation sites (N-methyl/N-ethyl adjacent to an activating group) is 1. The topological polar surface area (TPSA) is 54.0 Å². The van der Waals surface area contributed by atoms with Crippen molar-refractivity contribution in [3.05, 3.63) is 30.1 Å². The van der Waals surface area contributed by atoms with Gasteiger partial charge in [-0.2, -0.15) is 0 Å². The second-order valence-electron chi connectivity index (χ2n) is 4.91. The third-order valence-electron chi connectivity index (χ3n) is 3.70. The predicted octanol–water partition coefficient (Wildman–Crippen LogP) is 1.27. The van der Waals surface area contributed by atoms with Crippen molar-refractivity contribution >= 4 is 5.91 Å². The molecule has 0 unspecified atom stereocenters. The molecule has 0 spiro atoms. The first-order valence-electron chi connectivity index (χ1n) is 6.63. The molecule has 0 aromatic carbocycles. The molecule has 0 bridgehead atoms. The van der Waals surface area contributed by atoms with Gasteiger partial charge in [-0.1, -0.05) is 6.07 Å². The van der Waals surface area contributed by atoms with Gasteiger partial charge in [-0.15, -0.1) is 0 Å². The van der Waals surface area contributed by atoms with Gasteiger partial charge in [0.2, 0.25) is 5.91 Å². The first-order chi connectivity index (χ1) is 8.77. The van der Waals surface area contributed by atoms with Crippen LogP contribution in [0.3, 0.4) is 0 Å². The Balaban J connectivity index is 1.89. The minimum Gasteiger partial charge on any atom is -0.358 e. The van der Waals surface area contributed by atoms with E-state index < -0.39 is 0 Å². The fourth-order valence-electron chi connectivity index (χ4n) is 2.71. The normalized spacial score (nSPS) is 22.9. The summed E-state index contributed by atoms with van der Waals surface area (Å²) in [5.74, 6) is 0.131. The second-order valence-corrected chi connectivity index (χ2v) is 4.91. The van der Waals surface area contributed by atoms with Gasteiger partial charge in [0, 0.05) is 19.4 Å². The number of aromatic nitrogens is 1. The molecule has 1 aliphatic rings. The number of carbonyl (C=O) groups excluding carboxylic acids is 1. The van der Waals surface area contributed by atoms with E-state index in [1.165, 1.54) is 5.56 Å². The third-order valence-corrected chi connectivity index (χ3v) is 3.70. The van der Waals surface area contributed by atoms with Crippen LogP contribution in [0.5, 0.6) is 0 Å². The summed E-state index contributed by atoms with van der Waals surface area (Å²) in [5, 5.41) is 6.16. The van der Waals surface area contributed by atoms with Crippen LogP contribution >= 0.6 is 0 Å². The average molecular weight is 247 g/mol. The first kappa shape index (κ1) is 13.0. The molecule has 4 nitrogen and oxygen atoms in total. The van der Waals surface area contributed by atoms with Crippen LogP contribution < -0.4 is 10.6 Å². The van der Waals surface area contributed by atoms with Gasteiger partial charge >= 0.3 is 0 Å². The Bertz CT molecular complexity index is 385. The van der Waals surface area contributed by atoms with Crippen molar-refractivity contribution in [1.29, 1.82) is 0 Å². The Morgan fingerprint density at radius 2 is 2.50 bits per heavy atom. The van der Waals surface area contributed by atoms with Gasteiger partial charge in [0.05, 0.1) is 5.54 Å². The van der Waals surface area contributed by atoms with E-state index in [9.17, 15) is 4.79 Å². The smallest absolute Gasteiger partial charge is 0.240 e. The molecular formula is C14H21N3O. The maximum atomic E-state index is 12.0. The number of nitrogens with one attached hydrogen (secondary N) is 2. The molecule has 0 radical (unpaired) electrons. The summed E-state index contributed by atoms with van der Waals surface area (Å²) in [6, 6.07) is 4.04. The van der Waals surface area contributed by atoms with Crippen molar-refractivity contribution in [2.24, 2.45) is 0 Å². The molecule has 1 fully saturated rings. The van der Waals surface area contributed by atoms with E-state index in [0.717, 1.165) is 38.6 Å². The fraction of sp³-hybridized carbons (Fsp3) is 0.571. The number of pyridine rings is 1. The highest BCUT2D eigenvalue weighted by Gasteiger charge is 2.39. The second kappa shape index (κ2) is 5.96.